The maximum absolute atomic E-state index is 13.2. The highest BCUT2D eigenvalue weighted by Gasteiger charge is 2.35. The molecule has 0 radical (unpaired) electrons. The van der Waals surface area contributed by atoms with Gasteiger partial charge in [-0.3, -0.25) is 19.1 Å². The van der Waals surface area contributed by atoms with Crippen molar-refractivity contribution in [1.82, 2.24) is 14.9 Å². The number of aliphatic hydroxyl groups is 1. The van der Waals surface area contributed by atoms with Crippen molar-refractivity contribution in [3.63, 3.8) is 0 Å². The summed E-state index contributed by atoms with van der Waals surface area (Å²) in [5.41, 5.74) is -1.94. The number of nitrogens with one attached hydrogen (secondary N) is 2. The highest BCUT2D eigenvalue weighted by molar-refractivity contribution is 9.09. The van der Waals surface area contributed by atoms with Crippen LogP contribution in [0.2, 0.25) is 0 Å². The van der Waals surface area contributed by atoms with Crippen molar-refractivity contribution in [2.75, 3.05) is 11.9 Å². The number of H-pyrrole nitrogens is 1. The summed E-state index contributed by atoms with van der Waals surface area (Å²) in [5.74, 6) is -1.40. The third kappa shape index (κ3) is 3.57. The number of halogens is 2. The zero-order valence-corrected chi connectivity index (χ0v) is 12.3. The normalized spacial score (nSPS) is 25.0. The topological polar surface area (TPSA) is 113 Å². The van der Waals surface area contributed by atoms with Gasteiger partial charge in [0, 0.05) is 13.0 Å². The molecule has 3 atom stereocenters. The number of hydrogen-bond donors (Lipinski definition) is 3. The Hall–Kier alpha value is -1.52. The molecule has 8 nitrogen and oxygen atoms in total. The molecule has 1 saturated heterocycles. The van der Waals surface area contributed by atoms with Gasteiger partial charge < -0.3 is 15.2 Å². The first-order valence-corrected chi connectivity index (χ1v) is 7.21. The number of hydrogen-bond acceptors (Lipinski definition) is 5. The third-order valence-corrected chi connectivity index (χ3v) is 3.57. The van der Waals surface area contributed by atoms with Crippen LogP contribution in [0.4, 0.5) is 4.39 Å². The van der Waals surface area contributed by atoms with Crippen LogP contribution in [-0.2, 0) is 9.53 Å². The summed E-state index contributed by atoms with van der Waals surface area (Å²) >= 11 is 2.98. The van der Waals surface area contributed by atoms with E-state index in [9.17, 15) is 23.9 Å². The minimum Gasteiger partial charge on any atom is -0.390 e. The standard InChI is InChI=1S/C11H13BrFN3O5/c12-2-8(18)14-3-7-6(17)1-9(21-7)16-4-5(13)10(19)15-11(16)20/h4,6-7,9,17H,1-3H2,(H,14,18)(H,15,19,20)/t6-,7+,9+/m0/s1. The van der Waals surface area contributed by atoms with Gasteiger partial charge in [-0.15, -0.1) is 0 Å². The fourth-order valence-electron chi connectivity index (χ4n) is 2.01. The van der Waals surface area contributed by atoms with Crippen molar-refractivity contribution in [2.24, 2.45) is 0 Å². The maximum Gasteiger partial charge on any atom is 0.330 e. The molecular weight excluding hydrogens is 353 g/mol. The Bertz CT molecular complexity index is 645. The summed E-state index contributed by atoms with van der Waals surface area (Å²) < 4.78 is 19.5. The Morgan fingerprint density at radius 1 is 1.62 bits per heavy atom. The molecule has 1 aliphatic rings. The summed E-state index contributed by atoms with van der Waals surface area (Å²) in [5, 5.41) is 12.5. The predicted molar refractivity (Wildman–Crippen MR) is 72.6 cm³/mol. The molecule has 0 saturated carbocycles. The van der Waals surface area contributed by atoms with Crippen LogP contribution in [0.5, 0.6) is 0 Å². The molecule has 1 aromatic heterocycles. The lowest BCUT2D eigenvalue weighted by Crippen LogP contribution is -2.38. The molecule has 10 heteroatoms. The van der Waals surface area contributed by atoms with Crippen LogP contribution >= 0.6 is 15.9 Å². The van der Waals surface area contributed by atoms with E-state index < -0.39 is 35.5 Å². The van der Waals surface area contributed by atoms with Gasteiger partial charge >= 0.3 is 5.69 Å². The van der Waals surface area contributed by atoms with Gasteiger partial charge in [-0.2, -0.15) is 4.39 Å². The molecule has 1 aliphatic heterocycles. The largest absolute Gasteiger partial charge is 0.390 e. The Morgan fingerprint density at radius 2 is 2.33 bits per heavy atom. The number of carbonyl (C=O) groups is 1. The van der Waals surface area contributed by atoms with Crippen molar-refractivity contribution in [2.45, 2.75) is 24.9 Å². The van der Waals surface area contributed by atoms with Gasteiger partial charge in [0.15, 0.2) is 0 Å². The second kappa shape index (κ2) is 6.50. The Balaban J connectivity index is 2.10. The molecule has 3 N–H and O–H groups in total. The zero-order valence-electron chi connectivity index (χ0n) is 10.7. The number of carbonyl (C=O) groups excluding carboxylic acids is 1. The van der Waals surface area contributed by atoms with Gasteiger partial charge in [-0.05, 0) is 0 Å². The highest BCUT2D eigenvalue weighted by atomic mass is 79.9. The Morgan fingerprint density at radius 3 is 3.00 bits per heavy atom. The van der Waals surface area contributed by atoms with Crippen LogP contribution in [0.3, 0.4) is 0 Å². The highest BCUT2D eigenvalue weighted by Crippen LogP contribution is 2.27. The lowest BCUT2D eigenvalue weighted by Gasteiger charge is -2.16. The second-order valence-electron chi connectivity index (χ2n) is 4.51. The van der Waals surface area contributed by atoms with E-state index in [2.05, 4.69) is 21.2 Å². The zero-order chi connectivity index (χ0) is 15.6. The molecule has 1 amide bonds. The van der Waals surface area contributed by atoms with Crippen molar-refractivity contribution < 1.29 is 19.0 Å². The smallest absolute Gasteiger partial charge is 0.330 e. The van der Waals surface area contributed by atoms with E-state index in [4.69, 9.17) is 4.74 Å². The van der Waals surface area contributed by atoms with Crippen molar-refractivity contribution in [3.8, 4) is 0 Å². The minimum absolute atomic E-state index is 0.0419. The average molecular weight is 366 g/mol. The van der Waals surface area contributed by atoms with Gasteiger partial charge in [0.05, 0.1) is 17.6 Å². The van der Waals surface area contributed by atoms with E-state index in [0.29, 0.717) is 0 Å². The summed E-state index contributed by atoms with van der Waals surface area (Å²) in [6, 6.07) is 0. The molecule has 1 fully saturated rings. The molecule has 2 rings (SSSR count). The minimum atomic E-state index is -1.12. The number of aromatic amines is 1. The number of aromatic nitrogens is 2. The SMILES string of the molecule is O=C(CBr)NC[C@H]1O[C@@H](n2cc(F)c(=O)[nH]c2=O)C[C@@H]1O. The first kappa shape index (κ1) is 15.9. The average Bonchev–Trinajstić information content (AvgIpc) is 2.81. The van der Waals surface area contributed by atoms with Crippen LogP contribution in [0.25, 0.3) is 0 Å². The summed E-state index contributed by atoms with van der Waals surface area (Å²) in [6.07, 6.45) is -1.78. The molecule has 116 valence electrons. The van der Waals surface area contributed by atoms with Crippen molar-refractivity contribution in [1.29, 1.82) is 0 Å². The number of alkyl halides is 1. The first-order chi connectivity index (χ1) is 9.92. The first-order valence-electron chi connectivity index (χ1n) is 6.09. The molecule has 0 spiro atoms. The van der Waals surface area contributed by atoms with E-state index in [1.165, 1.54) is 0 Å². The molecule has 0 bridgehead atoms. The molecule has 0 aliphatic carbocycles. The fraction of sp³-hybridized carbons (Fsp3) is 0.545. The number of aliphatic hydroxyl groups excluding tert-OH is 1. The lowest BCUT2D eigenvalue weighted by molar-refractivity contribution is -0.119. The van der Waals surface area contributed by atoms with Crippen LogP contribution in [0, 0.1) is 5.82 Å². The number of amides is 1. The molecule has 0 aromatic carbocycles. The van der Waals surface area contributed by atoms with Crippen molar-refractivity contribution in [3.05, 3.63) is 32.9 Å². The lowest BCUT2D eigenvalue weighted by atomic mass is 10.2. The van der Waals surface area contributed by atoms with Crippen LogP contribution in [0.1, 0.15) is 12.6 Å². The van der Waals surface area contributed by atoms with Gasteiger partial charge in [0.2, 0.25) is 11.7 Å². The van der Waals surface area contributed by atoms with E-state index in [1.807, 2.05) is 4.98 Å². The summed E-state index contributed by atoms with van der Waals surface area (Å²) in [7, 11) is 0. The van der Waals surface area contributed by atoms with Gasteiger partial charge in [-0.1, -0.05) is 15.9 Å². The second-order valence-corrected chi connectivity index (χ2v) is 5.07. The Kier molecular flexibility index (Phi) is 4.91. The van der Waals surface area contributed by atoms with E-state index in [0.717, 1.165) is 10.8 Å². The predicted octanol–water partition coefficient (Wildman–Crippen LogP) is -1.16. The molecular formula is C11H13BrFN3O5. The molecule has 2 heterocycles. The molecule has 21 heavy (non-hydrogen) atoms. The third-order valence-electron chi connectivity index (χ3n) is 3.06. The fourth-order valence-corrected chi connectivity index (χ4v) is 2.20. The van der Waals surface area contributed by atoms with E-state index >= 15 is 0 Å². The van der Waals surface area contributed by atoms with E-state index in [-0.39, 0.29) is 24.2 Å². The maximum atomic E-state index is 13.2. The quantitative estimate of drug-likeness (QED) is 0.582. The molecule has 1 aromatic rings. The molecule has 0 unspecified atom stereocenters. The van der Waals surface area contributed by atoms with Gasteiger partial charge in [-0.25, -0.2) is 4.79 Å². The number of rotatable bonds is 4. The van der Waals surface area contributed by atoms with Gasteiger partial charge in [0.1, 0.15) is 12.3 Å². The van der Waals surface area contributed by atoms with Crippen LogP contribution in [-0.4, -0.2) is 44.6 Å². The summed E-state index contributed by atoms with van der Waals surface area (Å²) in [6.45, 7) is 0.0582. The number of ether oxygens (including phenoxy) is 1. The van der Waals surface area contributed by atoms with Crippen molar-refractivity contribution >= 4 is 21.8 Å². The van der Waals surface area contributed by atoms with Crippen LogP contribution < -0.4 is 16.6 Å². The Labute approximate surface area is 126 Å². The van der Waals surface area contributed by atoms with Gasteiger partial charge in [0.25, 0.3) is 5.56 Å². The van der Waals surface area contributed by atoms with Crippen LogP contribution in [0.15, 0.2) is 15.8 Å². The van der Waals surface area contributed by atoms with E-state index in [1.54, 1.807) is 0 Å². The summed E-state index contributed by atoms with van der Waals surface area (Å²) in [4.78, 5) is 35.5. The monoisotopic (exact) mass is 365 g/mol. The number of nitrogens with zero attached hydrogens (tertiary/aromatic N) is 1.